The topological polar surface area (TPSA) is 32.3 Å². The second-order valence-electron chi connectivity index (χ2n) is 5.02. The lowest BCUT2D eigenvalue weighted by Gasteiger charge is -2.28. The van der Waals surface area contributed by atoms with Crippen LogP contribution in [0.5, 0.6) is 0 Å². The van der Waals surface area contributed by atoms with Gasteiger partial charge in [-0.05, 0) is 49.8 Å². The van der Waals surface area contributed by atoms with Gasteiger partial charge in [-0.2, -0.15) is 0 Å². The first-order valence-corrected chi connectivity index (χ1v) is 6.47. The molecule has 0 spiro atoms. The van der Waals surface area contributed by atoms with Gasteiger partial charge in [-0.15, -0.1) is 0 Å². The number of aliphatic hydroxyl groups excluding tert-OH is 1. The first-order valence-electron chi connectivity index (χ1n) is 6.47. The first kappa shape index (κ1) is 13.4. The van der Waals surface area contributed by atoms with E-state index in [9.17, 15) is 8.78 Å². The molecule has 4 heteroatoms. The fourth-order valence-electron chi connectivity index (χ4n) is 2.48. The lowest BCUT2D eigenvalue weighted by atomic mass is 9.86. The minimum absolute atomic E-state index is 0.255. The number of hydrogen-bond acceptors (Lipinski definition) is 2. The van der Waals surface area contributed by atoms with Gasteiger partial charge in [0.15, 0.2) is 0 Å². The van der Waals surface area contributed by atoms with Crippen molar-refractivity contribution in [3.05, 3.63) is 35.4 Å². The molecule has 18 heavy (non-hydrogen) atoms. The summed E-state index contributed by atoms with van der Waals surface area (Å²) < 4.78 is 26.4. The van der Waals surface area contributed by atoms with Crippen LogP contribution in [0.2, 0.25) is 0 Å². The summed E-state index contributed by atoms with van der Waals surface area (Å²) in [6.07, 6.45) is 3.98. The summed E-state index contributed by atoms with van der Waals surface area (Å²) in [6.45, 7) is 0.614. The van der Waals surface area contributed by atoms with Crippen LogP contribution in [0.15, 0.2) is 18.2 Å². The summed E-state index contributed by atoms with van der Waals surface area (Å²) in [4.78, 5) is 0. The molecule has 0 unspecified atom stereocenters. The van der Waals surface area contributed by atoms with Gasteiger partial charge in [0.1, 0.15) is 11.6 Å². The maximum absolute atomic E-state index is 13.4. The Morgan fingerprint density at radius 2 is 1.89 bits per heavy atom. The largest absolute Gasteiger partial charge is 0.396 e. The monoisotopic (exact) mass is 255 g/mol. The van der Waals surface area contributed by atoms with E-state index < -0.39 is 5.82 Å². The average molecular weight is 255 g/mol. The lowest BCUT2D eigenvalue weighted by molar-refractivity contribution is 0.175. The number of benzene rings is 1. The predicted octanol–water partition coefficient (Wildman–Crippen LogP) is 2.61. The molecule has 0 saturated heterocycles. The highest BCUT2D eigenvalue weighted by molar-refractivity contribution is 5.18. The minimum Gasteiger partial charge on any atom is -0.396 e. The highest BCUT2D eigenvalue weighted by atomic mass is 19.1. The molecular formula is C14H19F2NO. The van der Waals surface area contributed by atoms with Gasteiger partial charge in [0.2, 0.25) is 0 Å². The molecule has 2 rings (SSSR count). The van der Waals surface area contributed by atoms with Crippen molar-refractivity contribution < 1.29 is 13.9 Å². The highest BCUT2D eigenvalue weighted by Gasteiger charge is 2.20. The average Bonchev–Trinajstić information content (AvgIpc) is 2.40. The molecular weight excluding hydrogens is 236 g/mol. The van der Waals surface area contributed by atoms with Crippen LogP contribution in [0, 0.1) is 17.6 Å². The Morgan fingerprint density at radius 1 is 1.17 bits per heavy atom. The summed E-state index contributed by atoms with van der Waals surface area (Å²) in [6, 6.07) is 3.87. The quantitative estimate of drug-likeness (QED) is 0.866. The molecule has 0 aliphatic heterocycles. The molecule has 0 atom stereocenters. The van der Waals surface area contributed by atoms with E-state index in [0.29, 0.717) is 24.1 Å². The third-order valence-electron chi connectivity index (χ3n) is 3.69. The van der Waals surface area contributed by atoms with Crippen molar-refractivity contribution in [2.24, 2.45) is 5.92 Å². The van der Waals surface area contributed by atoms with Crippen LogP contribution >= 0.6 is 0 Å². The SMILES string of the molecule is OCC1CCC(NCc2cc(F)ccc2F)CC1. The second-order valence-corrected chi connectivity index (χ2v) is 5.02. The molecule has 0 aromatic heterocycles. The van der Waals surface area contributed by atoms with Crippen LogP contribution in [0.4, 0.5) is 8.78 Å². The van der Waals surface area contributed by atoms with Crippen LogP contribution in [-0.4, -0.2) is 17.8 Å². The number of nitrogens with one attached hydrogen (secondary N) is 1. The van der Waals surface area contributed by atoms with Gasteiger partial charge >= 0.3 is 0 Å². The summed E-state index contributed by atoms with van der Waals surface area (Å²) in [5, 5.41) is 12.3. The van der Waals surface area contributed by atoms with Crippen LogP contribution in [-0.2, 0) is 6.54 Å². The Hall–Kier alpha value is -1.00. The number of rotatable bonds is 4. The molecule has 1 saturated carbocycles. The molecule has 100 valence electrons. The zero-order valence-electron chi connectivity index (χ0n) is 10.3. The first-order chi connectivity index (χ1) is 8.69. The van der Waals surface area contributed by atoms with Crippen molar-refractivity contribution in [2.45, 2.75) is 38.3 Å². The molecule has 0 amide bonds. The Balaban J connectivity index is 1.83. The molecule has 1 aromatic rings. The maximum atomic E-state index is 13.4. The van der Waals surface area contributed by atoms with E-state index in [0.717, 1.165) is 37.8 Å². The zero-order valence-corrected chi connectivity index (χ0v) is 10.3. The van der Waals surface area contributed by atoms with E-state index in [1.165, 1.54) is 6.07 Å². The third-order valence-corrected chi connectivity index (χ3v) is 3.69. The van der Waals surface area contributed by atoms with Crippen molar-refractivity contribution >= 4 is 0 Å². The minimum atomic E-state index is -0.405. The van der Waals surface area contributed by atoms with Crippen molar-refractivity contribution in [3.63, 3.8) is 0 Å². The van der Waals surface area contributed by atoms with Gasteiger partial charge in [0.05, 0.1) is 0 Å². The predicted molar refractivity (Wildman–Crippen MR) is 66.0 cm³/mol. The smallest absolute Gasteiger partial charge is 0.127 e. The zero-order chi connectivity index (χ0) is 13.0. The molecule has 0 heterocycles. The Labute approximate surface area is 106 Å². The fraction of sp³-hybridized carbons (Fsp3) is 0.571. The Bertz CT molecular complexity index is 389. The lowest BCUT2D eigenvalue weighted by Crippen LogP contribution is -2.33. The standard InChI is InChI=1S/C14H19F2NO/c15-12-3-6-14(16)11(7-12)8-17-13-4-1-10(9-18)2-5-13/h3,6-7,10,13,17-18H,1-2,4-5,8-9H2. The summed E-state index contributed by atoms with van der Waals surface area (Å²) in [7, 11) is 0. The molecule has 2 nitrogen and oxygen atoms in total. The number of aliphatic hydroxyl groups is 1. The van der Waals surface area contributed by atoms with E-state index in [1.54, 1.807) is 0 Å². The van der Waals surface area contributed by atoms with E-state index >= 15 is 0 Å². The molecule has 2 N–H and O–H groups in total. The van der Waals surface area contributed by atoms with Gasteiger partial charge in [-0.3, -0.25) is 0 Å². The van der Waals surface area contributed by atoms with Crippen LogP contribution in [0.25, 0.3) is 0 Å². The molecule has 0 radical (unpaired) electrons. The molecule has 1 aliphatic carbocycles. The highest BCUT2D eigenvalue weighted by Crippen LogP contribution is 2.24. The fourth-order valence-corrected chi connectivity index (χ4v) is 2.48. The molecule has 1 aliphatic rings. The third kappa shape index (κ3) is 3.50. The van der Waals surface area contributed by atoms with Gasteiger partial charge in [0, 0.05) is 24.8 Å². The maximum Gasteiger partial charge on any atom is 0.127 e. The normalized spacial score (nSPS) is 24.2. The van der Waals surface area contributed by atoms with Crippen molar-refractivity contribution in [3.8, 4) is 0 Å². The van der Waals surface area contributed by atoms with Gasteiger partial charge in [0.25, 0.3) is 0 Å². The number of hydrogen-bond donors (Lipinski definition) is 2. The van der Waals surface area contributed by atoms with Gasteiger partial charge in [-0.25, -0.2) is 8.78 Å². The molecule has 1 fully saturated rings. The van der Waals surface area contributed by atoms with E-state index in [-0.39, 0.29) is 12.4 Å². The Morgan fingerprint density at radius 3 is 2.56 bits per heavy atom. The van der Waals surface area contributed by atoms with E-state index in [4.69, 9.17) is 5.11 Å². The number of halogens is 2. The molecule has 1 aromatic carbocycles. The van der Waals surface area contributed by atoms with Crippen molar-refractivity contribution in [2.75, 3.05) is 6.61 Å². The summed E-state index contributed by atoms with van der Waals surface area (Å²) >= 11 is 0. The van der Waals surface area contributed by atoms with Crippen molar-refractivity contribution in [1.82, 2.24) is 5.32 Å². The van der Waals surface area contributed by atoms with E-state index in [2.05, 4.69) is 5.32 Å². The van der Waals surface area contributed by atoms with Gasteiger partial charge in [-0.1, -0.05) is 0 Å². The van der Waals surface area contributed by atoms with E-state index in [1.807, 2.05) is 0 Å². The van der Waals surface area contributed by atoms with Crippen LogP contribution < -0.4 is 5.32 Å². The summed E-state index contributed by atoms with van der Waals surface area (Å²) in [5.74, 6) is -0.362. The Kier molecular flexibility index (Phi) is 4.66. The summed E-state index contributed by atoms with van der Waals surface area (Å²) in [5.41, 5.74) is 0.374. The van der Waals surface area contributed by atoms with Gasteiger partial charge < -0.3 is 10.4 Å². The van der Waals surface area contributed by atoms with Crippen molar-refractivity contribution in [1.29, 1.82) is 0 Å². The molecule has 0 bridgehead atoms. The van der Waals surface area contributed by atoms with Crippen LogP contribution in [0.1, 0.15) is 31.2 Å². The second kappa shape index (κ2) is 6.25. The van der Waals surface area contributed by atoms with Crippen LogP contribution in [0.3, 0.4) is 0 Å².